The zero-order chi connectivity index (χ0) is 12.1. The Hall–Kier alpha value is -1.08. The van der Waals surface area contributed by atoms with E-state index in [2.05, 4.69) is 11.5 Å². The molecule has 0 spiro atoms. The number of methoxy groups -OCH3 is 1. The normalized spacial score (nSPS) is 12.5. The van der Waals surface area contributed by atoms with Gasteiger partial charge >= 0.3 is 5.97 Å². The molecule has 0 saturated heterocycles. The fourth-order valence-corrected chi connectivity index (χ4v) is 1.47. The zero-order valence-corrected chi connectivity index (χ0v) is 12.0. The minimum absolute atomic E-state index is 0.0695. The van der Waals surface area contributed by atoms with Gasteiger partial charge in [-0.3, -0.25) is 9.59 Å². The Morgan fingerprint density at radius 3 is 2.40 bits per heavy atom. The van der Waals surface area contributed by atoms with Crippen molar-refractivity contribution in [3.63, 3.8) is 0 Å². The Morgan fingerprint density at radius 2 is 2.00 bits per heavy atom. The van der Waals surface area contributed by atoms with Gasteiger partial charge in [-0.15, -0.1) is 5.54 Å². The van der Waals surface area contributed by atoms with E-state index in [0.29, 0.717) is 16.7 Å². The van der Waals surface area contributed by atoms with Crippen LogP contribution in [0, 0.1) is 22.8 Å². The van der Waals surface area contributed by atoms with Crippen LogP contribution in [0.15, 0.2) is 0 Å². The molecule has 0 radical (unpaired) electrons. The summed E-state index contributed by atoms with van der Waals surface area (Å²) in [6.07, 6.45) is 0.303. The molecule has 0 rings (SSSR count). The van der Waals surface area contributed by atoms with Gasteiger partial charge in [-0.2, -0.15) is 0 Å². The second-order valence-electron chi connectivity index (χ2n) is 4.12. The summed E-state index contributed by atoms with van der Waals surface area (Å²) in [7, 11) is 2.06. The summed E-state index contributed by atoms with van der Waals surface area (Å²) in [5.74, 6) is 2.06. The van der Waals surface area contributed by atoms with Crippen molar-refractivity contribution in [2.24, 2.45) is 11.3 Å². The molecule has 0 aromatic rings. The van der Waals surface area contributed by atoms with E-state index < -0.39 is 5.41 Å². The Kier molecular flexibility index (Phi) is 5.30. The molecule has 0 aliphatic heterocycles. The molecule has 0 N–H and O–H groups in total. The lowest BCUT2D eigenvalue weighted by Crippen LogP contribution is -2.33. The highest BCUT2D eigenvalue weighted by Gasteiger charge is 2.35. The van der Waals surface area contributed by atoms with Crippen molar-refractivity contribution in [2.75, 3.05) is 7.11 Å². The van der Waals surface area contributed by atoms with Crippen LogP contribution in [0.3, 0.4) is 0 Å². The Labute approximate surface area is 94.0 Å². The average molecular weight is 226 g/mol. The summed E-state index contributed by atoms with van der Waals surface area (Å²) in [6, 6.07) is 0. The highest BCUT2D eigenvalue weighted by Crippen LogP contribution is 2.30. The number of ketones is 1. The molecule has 3 nitrogen and oxygen atoms in total. The van der Waals surface area contributed by atoms with E-state index in [1.807, 2.05) is 6.92 Å². The van der Waals surface area contributed by atoms with Crippen molar-refractivity contribution in [1.82, 2.24) is 0 Å². The Morgan fingerprint density at radius 1 is 1.47 bits per heavy atom. The van der Waals surface area contributed by atoms with Gasteiger partial charge < -0.3 is 4.74 Å². The summed E-state index contributed by atoms with van der Waals surface area (Å²) in [5.41, 5.74) is 2.05. The van der Waals surface area contributed by atoms with Gasteiger partial charge in [-0.1, -0.05) is 6.92 Å². The van der Waals surface area contributed by atoms with Gasteiger partial charge in [0.2, 0.25) is 5.78 Å². The molecule has 1 unspecified atom stereocenters. The molecule has 15 heavy (non-hydrogen) atoms. The summed E-state index contributed by atoms with van der Waals surface area (Å²) in [4.78, 5) is 22.8. The van der Waals surface area contributed by atoms with E-state index in [4.69, 9.17) is 4.74 Å². The maximum atomic E-state index is 11.5. The number of esters is 1. The van der Waals surface area contributed by atoms with Gasteiger partial charge in [0, 0.05) is 6.42 Å². The first kappa shape index (κ1) is 13.9. The minimum atomic E-state index is -0.642. The number of ether oxygens (including phenoxy) is 1. The van der Waals surface area contributed by atoms with Crippen LogP contribution in [-0.4, -0.2) is 29.1 Å². The zero-order valence-electron chi connectivity index (χ0n) is 10.0. The molecule has 0 amide bonds. The topological polar surface area (TPSA) is 43.4 Å². The number of Topliss-reactive ketones (excluding diaryl/α,β-unsaturated/α-hetero) is 1. The molecule has 0 heterocycles. The van der Waals surface area contributed by atoms with Crippen molar-refractivity contribution in [1.29, 1.82) is 0 Å². The summed E-state index contributed by atoms with van der Waals surface area (Å²) in [5, 5.41) is 0. The first-order valence-corrected chi connectivity index (χ1v) is 5.90. The second kappa shape index (κ2) is 5.71. The van der Waals surface area contributed by atoms with Crippen LogP contribution in [0.1, 0.15) is 27.2 Å². The van der Waals surface area contributed by atoms with Gasteiger partial charge in [-0.25, -0.2) is 0 Å². The number of rotatable bonds is 4. The first-order chi connectivity index (χ1) is 6.86. The Balaban J connectivity index is 4.54. The van der Waals surface area contributed by atoms with Crippen molar-refractivity contribution >= 4 is 22.0 Å². The summed E-state index contributed by atoms with van der Waals surface area (Å²) < 4.78 is 4.70. The molecular formula is C11H18O3Si. The second-order valence-corrected chi connectivity index (χ2v) is 4.62. The van der Waals surface area contributed by atoms with E-state index >= 15 is 0 Å². The highest BCUT2D eigenvalue weighted by molar-refractivity contribution is 6.24. The smallest absolute Gasteiger partial charge is 0.311 e. The Bertz CT molecular complexity index is 310. The third-order valence-electron chi connectivity index (χ3n) is 2.70. The molecular weight excluding hydrogens is 208 g/mol. The SMILES string of the molecule is COC(=O)C(C)(C)C(C)CC(=O)C#C[SiH3]. The van der Waals surface area contributed by atoms with Crippen molar-refractivity contribution in [3.8, 4) is 11.5 Å². The molecule has 1 atom stereocenters. The van der Waals surface area contributed by atoms with Crippen molar-refractivity contribution in [3.05, 3.63) is 0 Å². The van der Waals surface area contributed by atoms with Crippen molar-refractivity contribution in [2.45, 2.75) is 27.2 Å². The van der Waals surface area contributed by atoms with Crippen LogP contribution < -0.4 is 0 Å². The largest absolute Gasteiger partial charge is 0.469 e. The van der Waals surface area contributed by atoms with Gasteiger partial charge in [0.25, 0.3) is 0 Å². The van der Waals surface area contributed by atoms with E-state index in [0.717, 1.165) is 0 Å². The summed E-state index contributed by atoms with van der Waals surface area (Å²) >= 11 is 0. The molecule has 0 bridgehead atoms. The first-order valence-electron chi connectivity index (χ1n) is 4.90. The number of hydrogen-bond donors (Lipinski definition) is 0. The molecule has 0 aromatic heterocycles. The van der Waals surface area contributed by atoms with E-state index in [-0.39, 0.29) is 17.7 Å². The third-order valence-corrected chi connectivity index (χ3v) is 2.95. The van der Waals surface area contributed by atoms with E-state index in [1.54, 1.807) is 13.8 Å². The molecule has 0 aliphatic carbocycles. The number of carbonyl (C=O) groups is 2. The van der Waals surface area contributed by atoms with Crippen LogP contribution in [0.5, 0.6) is 0 Å². The molecule has 0 saturated carbocycles. The van der Waals surface area contributed by atoms with Gasteiger partial charge in [0.15, 0.2) is 0 Å². The third kappa shape index (κ3) is 3.88. The lowest BCUT2D eigenvalue weighted by Gasteiger charge is -2.27. The minimum Gasteiger partial charge on any atom is -0.469 e. The molecule has 0 fully saturated rings. The maximum absolute atomic E-state index is 11.5. The summed E-state index contributed by atoms with van der Waals surface area (Å²) in [6.45, 7) is 5.43. The number of carbonyl (C=O) groups excluding carboxylic acids is 2. The number of hydrogen-bond acceptors (Lipinski definition) is 3. The van der Waals surface area contributed by atoms with Gasteiger partial charge in [-0.05, 0) is 25.7 Å². The average Bonchev–Trinajstić information content (AvgIpc) is 2.16. The monoisotopic (exact) mass is 226 g/mol. The standard InChI is InChI=1S/C11H18O3Si/c1-8(7-9(12)5-6-15)11(2,3)10(13)14-4/h8H,7H2,1-4,15H3. The van der Waals surface area contributed by atoms with Crippen LogP contribution in [-0.2, 0) is 14.3 Å². The van der Waals surface area contributed by atoms with Gasteiger partial charge in [0.1, 0.15) is 0 Å². The van der Waals surface area contributed by atoms with E-state index in [9.17, 15) is 9.59 Å². The van der Waals surface area contributed by atoms with Gasteiger partial charge in [0.05, 0.1) is 22.8 Å². The fraction of sp³-hybridized carbons (Fsp3) is 0.636. The van der Waals surface area contributed by atoms with Crippen LogP contribution in [0.4, 0.5) is 0 Å². The fourth-order valence-electron chi connectivity index (χ4n) is 1.19. The quantitative estimate of drug-likeness (QED) is 0.388. The predicted octanol–water partition coefficient (Wildman–Crippen LogP) is 0.107. The lowest BCUT2D eigenvalue weighted by atomic mass is 9.77. The maximum Gasteiger partial charge on any atom is 0.311 e. The van der Waals surface area contributed by atoms with Crippen LogP contribution in [0.25, 0.3) is 0 Å². The van der Waals surface area contributed by atoms with E-state index in [1.165, 1.54) is 7.11 Å². The molecule has 0 aromatic carbocycles. The van der Waals surface area contributed by atoms with Crippen molar-refractivity contribution < 1.29 is 14.3 Å². The molecule has 4 heteroatoms. The molecule has 84 valence electrons. The predicted molar refractivity (Wildman–Crippen MR) is 62.3 cm³/mol. The molecule has 0 aliphatic rings. The van der Waals surface area contributed by atoms with Crippen LogP contribution >= 0.6 is 0 Å². The highest BCUT2D eigenvalue weighted by atomic mass is 28.1. The lowest BCUT2D eigenvalue weighted by molar-refractivity contribution is -0.153. The van der Waals surface area contributed by atoms with Crippen LogP contribution in [0.2, 0.25) is 0 Å².